The second-order valence-electron chi connectivity index (χ2n) is 4.86. The van der Waals surface area contributed by atoms with Crippen LogP contribution in [0.5, 0.6) is 0 Å². The predicted octanol–water partition coefficient (Wildman–Crippen LogP) is 3.39. The summed E-state index contributed by atoms with van der Waals surface area (Å²) in [6.07, 6.45) is 0.492. The van der Waals surface area contributed by atoms with Crippen LogP contribution in [0.1, 0.15) is 39.8 Å². The molecular formula is C16H21NOS. The van der Waals surface area contributed by atoms with Crippen molar-refractivity contribution in [3.63, 3.8) is 0 Å². The van der Waals surface area contributed by atoms with E-state index in [0.717, 1.165) is 16.9 Å². The molecule has 0 fully saturated rings. The average molecular weight is 275 g/mol. The molecule has 3 heteroatoms. The molecule has 1 aromatic carbocycles. The molecule has 0 aliphatic carbocycles. The summed E-state index contributed by atoms with van der Waals surface area (Å²) < 4.78 is 0. The molecule has 102 valence electrons. The fourth-order valence-corrected chi connectivity index (χ4v) is 3.29. The molecule has 0 amide bonds. The molecule has 2 nitrogen and oxygen atoms in total. The van der Waals surface area contributed by atoms with Gasteiger partial charge in [-0.25, -0.2) is 0 Å². The summed E-state index contributed by atoms with van der Waals surface area (Å²) in [5.74, 6) is -0.0387. The number of benzene rings is 1. The highest BCUT2D eigenvalue weighted by atomic mass is 32.1. The van der Waals surface area contributed by atoms with Crippen LogP contribution >= 0.6 is 11.3 Å². The van der Waals surface area contributed by atoms with Crippen molar-refractivity contribution < 1.29 is 5.11 Å². The third-order valence-corrected chi connectivity index (χ3v) is 4.73. The standard InChI is InChI=1S/C16H21NOS/c1-3-13-7-8-15(19-13)16(18)14(10-17)12-6-4-5-11(2)9-12/h4-9,14,16,18H,3,10,17H2,1-2H3. The van der Waals surface area contributed by atoms with Gasteiger partial charge in [-0.3, -0.25) is 0 Å². The number of aliphatic hydroxyl groups is 1. The molecule has 0 aliphatic heterocycles. The van der Waals surface area contributed by atoms with E-state index >= 15 is 0 Å². The van der Waals surface area contributed by atoms with Crippen molar-refractivity contribution in [2.24, 2.45) is 5.73 Å². The quantitative estimate of drug-likeness (QED) is 0.878. The Morgan fingerprint density at radius 3 is 2.63 bits per heavy atom. The number of hydrogen-bond donors (Lipinski definition) is 2. The highest BCUT2D eigenvalue weighted by Crippen LogP contribution is 2.34. The Balaban J connectivity index is 2.26. The first kappa shape index (κ1) is 14.3. The maximum Gasteiger partial charge on any atom is 0.0962 e. The minimum atomic E-state index is -0.517. The number of aliphatic hydroxyl groups excluding tert-OH is 1. The Bertz CT molecular complexity index is 535. The smallest absolute Gasteiger partial charge is 0.0962 e. The van der Waals surface area contributed by atoms with Gasteiger partial charge in [-0.05, 0) is 31.0 Å². The SMILES string of the molecule is CCc1ccc(C(O)C(CN)c2cccc(C)c2)s1. The Labute approximate surface area is 118 Å². The van der Waals surface area contributed by atoms with Crippen molar-refractivity contribution in [2.75, 3.05) is 6.54 Å². The lowest BCUT2D eigenvalue weighted by Crippen LogP contribution is -2.19. The van der Waals surface area contributed by atoms with Crippen LogP contribution in [0, 0.1) is 6.92 Å². The molecule has 1 aromatic heterocycles. The normalized spacial score (nSPS) is 14.3. The summed E-state index contributed by atoms with van der Waals surface area (Å²) in [7, 11) is 0. The Hall–Kier alpha value is -1.16. The van der Waals surface area contributed by atoms with Crippen LogP contribution in [0.2, 0.25) is 0 Å². The summed E-state index contributed by atoms with van der Waals surface area (Å²) >= 11 is 1.68. The van der Waals surface area contributed by atoms with Gasteiger partial charge in [0.15, 0.2) is 0 Å². The number of hydrogen-bond acceptors (Lipinski definition) is 3. The van der Waals surface area contributed by atoms with Crippen LogP contribution in [-0.2, 0) is 6.42 Å². The van der Waals surface area contributed by atoms with Crippen molar-refractivity contribution in [2.45, 2.75) is 32.3 Å². The number of thiophene rings is 1. The molecule has 1 heterocycles. The first-order valence-corrected chi connectivity index (χ1v) is 7.50. The van der Waals surface area contributed by atoms with E-state index in [4.69, 9.17) is 5.73 Å². The van der Waals surface area contributed by atoms with Gasteiger partial charge in [0.2, 0.25) is 0 Å². The highest BCUT2D eigenvalue weighted by Gasteiger charge is 2.22. The van der Waals surface area contributed by atoms with Gasteiger partial charge >= 0.3 is 0 Å². The molecule has 2 unspecified atom stereocenters. The molecule has 2 aromatic rings. The van der Waals surface area contributed by atoms with Gasteiger partial charge < -0.3 is 10.8 Å². The van der Waals surface area contributed by atoms with Gasteiger partial charge in [-0.15, -0.1) is 11.3 Å². The minimum Gasteiger partial charge on any atom is -0.387 e. The lowest BCUT2D eigenvalue weighted by Gasteiger charge is -2.21. The molecule has 0 spiro atoms. The number of nitrogens with two attached hydrogens (primary N) is 1. The largest absolute Gasteiger partial charge is 0.387 e. The fourth-order valence-electron chi connectivity index (χ4n) is 2.29. The maximum atomic E-state index is 10.6. The van der Waals surface area contributed by atoms with E-state index in [1.807, 2.05) is 18.2 Å². The molecule has 2 rings (SSSR count). The fraction of sp³-hybridized carbons (Fsp3) is 0.375. The summed E-state index contributed by atoms with van der Waals surface area (Å²) in [5.41, 5.74) is 8.19. The van der Waals surface area contributed by atoms with Crippen LogP contribution in [0.3, 0.4) is 0 Å². The lowest BCUT2D eigenvalue weighted by atomic mass is 9.91. The Kier molecular flexibility index (Phi) is 4.75. The first-order chi connectivity index (χ1) is 9.15. The van der Waals surface area contributed by atoms with Crippen LogP contribution in [-0.4, -0.2) is 11.7 Å². The first-order valence-electron chi connectivity index (χ1n) is 6.69. The highest BCUT2D eigenvalue weighted by molar-refractivity contribution is 7.12. The van der Waals surface area contributed by atoms with E-state index in [1.165, 1.54) is 10.4 Å². The molecule has 0 bridgehead atoms. The molecular weight excluding hydrogens is 254 g/mol. The summed E-state index contributed by atoms with van der Waals surface area (Å²) in [6, 6.07) is 12.3. The van der Waals surface area contributed by atoms with E-state index < -0.39 is 6.10 Å². The molecule has 0 saturated heterocycles. The van der Waals surface area contributed by atoms with Gasteiger partial charge in [0.1, 0.15) is 0 Å². The van der Waals surface area contributed by atoms with E-state index in [0.29, 0.717) is 6.54 Å². The predicted molar refractivity (Wildman–Crippen MR) is 81.6 cm³/mol. The molecule has 3 N–H and O–H groups in total. The van der Waals surface area contributed by atoms with Crippen molar-refractivity contribution in [1.29, 1.82) is 0 Å². The van der Waals surface area contributed by atoms with Gasteiger partial charge in [0.05, 0.1) is 6.10 Å². The monoisotopic (exact) mass is 275 g/mol. The number of aryl methyl sites for hydroxylation is 2. The van der Waals surface area contributed by atoms with Crippen molar-refractivity contribution in [3.8, 4) is 0 Å². The second kappa shape index (κ2) is 6.33. The summed E-state index contributed by atoms with van der Waals surface area (Å²) in [5, 5.41) is 10.6. The third kappa shape index (κ3) is 3.24. The third-order valence-electron chi connectivity index (χ3n) is 3.43. The summed E-state index contributed by atoms with van der Waals surface area (Å²) in [4.78, 5) is 2.31. The minimum absolute atomic E-state index is 0.0387. The van der Waals surface area contributed by atoms with Crippen molar-refractivity contribution in [3.05, 3.63) is 57.3 Å². The molecule has 19 heavy (non-hydrogen) atoms. The Morgan fingerprint density at radius 2 is 2.05 bits per heavy atom. The maximum absolute atomic E-state index is 10.6. The average Bonchev–Trinajstić information content (AvgIpc) is 2.88. The zero-order valence-corrected chi connectivity index (χ0v) is 12.3. The second-order valence-corrected chi connectivity index (χ2v) is 6.06. The van der Waals surface area contributed by atoms with Crippen LogP contribution in [0.4, 0.5) is 0 Å². The molecule has 0 radical (unpaired) electrons. The number of rotatable bonds is 5. The van der Waals surface area contributed by atoms with Gasteiger partial charge in [0, 0.05) is 22.2 Å². The van der Waals surface area contributed by atoms with Crippen molar-refractivity contribution in [1.82, 2.24) is 0 Å². The van der Waals surface area contributed by atoms with Crippen LogP contribution in [0.15, 0.2) is 36.4 Å². The van der Waals surface area contributed by atoms with Gasteiger partial charge in [-0.1, -0.05) is 36.8 Å². The van der Waals surface area contributed by atoms with Crippen molar-refractivity contribution >= 4 is 11.3 Å². The van der Waals surface area contributed by atoms with Gasteiger partial charge in [-0.2, -0.15) is 0 Å². The lowest BCUT2D eigenvalue weighted by molar-refractivity contribution is 0.151. The van der Waals surface area contributed by atoms with E-state index in [2.05, 4.69) is 32.0 Å². The molecule has 0 saturated carbocycles. The van der Waals surface area contributed by atoms with E-state index in [9.17, 15) is 5.11 Å². The van der Waals surface area contributed by atoms with E-state index in [-0.39, 0.29) is 5.92 Å². The van der Waals surface area contributed by atoms with E-state index in [1.54, 1.807) is 11.3 Å². The van der Waals surface area contributed by atoms with Crippen LogP contribution in [0.25, 0.3) is 0 Å². The summed E-state index contributed by atoms with van der Waals surface area (Å²) in [6.45, 7) is 4.64. The topological polar surface area (TPSA) is 46.2 Å². The zero-order chi connectivity index (χ0) is 13.8. The molecule has 2 atom stereocenters. The molecule has 0 aliphatic rings. The zero-order valence-electron chi connectivity index (χ0n) is 11.5. The van der Waals surface area contributed by atoms with Crippen LogP contribution < -0.4 is 5.73 Å². The Morgan fingerprint density at radius 1 is 1.26 bits per heavy atom. The van der Waals surface area contributed by atoms with Gasteiger partial charge in [0.25, 0.3) is 0 Å².